The third-order valence-corrected chi connectivity index (χ3v) is 6.30. The molecule has 4 rings (SSSR count). The zero-order valence-electron chi connectivity index (χ0n) is 17.2. The first-order valence-electron chi connectivity index (χ1n) is 10.3. The van der Waals surface area contributed by atoms with Crippen molar-refractivity contribution in [2.75, 3.05) is 15.5 Å². The molecular weight excluding hydrogens is 438 g/mol. The van der Waals surface area contributed by atoms with E-state index in [1.54, 1.807) is 0 Å². The molecule has 0 unspecified atom stereocenters. The van der Waals surface area contributed by atoms with Crippen LogP contribution < -0.4 is 15.5 Å². The highest BCUT2D eigenvalue weighted by atomic mass is 79.9. The monoisotopic (exact) mass is 463 g/mol. The van der Waals surface area contributed by atoms with Crippen molar-refractivity contribution in [2.24, 2.45) is 5.92 Å². The fourth-order valence-electron chi connectivity index (χ4n) is 4.38. The van der Waals surface area contributed by atoms with Crippen molar-refractivity contribution in [2.45, 2.75) is 32.4 Å². The van der Waals surface area contributed by atoms with E-state index in [2.05, 4.69) is 58.6 Å². The standard InChI is InChI=1S/C25H26BrN3O/c1-3-22-17(2)24(27-19-11-5-4-6-12-19)21-14-7-8-15-23(21)29(22)25(30)28-20-13-9-10-18(26)16-20/h4-17,22,24,27H,3H2,1-2H3,(H,28,30)/t17-,22-,24+/m1/s1. The lowest BCUT2D eigenvalue weighted by Crippen LogP contribution is -2.51. The van der Waals surface area contributed by atoms with Crippen LogP contribution in [-0.4, -0.2) is 12.1 Å². The maximum absolute atomic E-state index is 13.4. The Kier molecular flexibility index (Phi) is 6.09. The Morgan fingerprint density at radius 2 is 1.67 bits per heavy atom. The van der Waals surface area contributed by atoms with Crippen LogP contribution in [0.25, 0.3) is 0 Å². The van der Waals surface area contributed by atoms with E-state index in [9.17, 15) is 4.79 Å². The number of anilines is 3. The Morgan fingerprint density at radius 3 is 2.40 bits per heavy atom. The summed E-state index contributed by atoms with van der Waals surface area (Å²) in [5.74, 6) is 0.235. The van der Waals surface area contributed by atoms with Crippen LogP contribution in [0.2, 0.25) is 0 Å². The number of rotatable bonds is 4. The van der Waals surface area contributed by atoms with Gasteiger partial charge in [-0.25, -0.2) is 4.79 Å². The Bertz CT molecular complexity index is 1020. The number of amides is 2. The first-order valence-corrected chi connectivity index (χ1v) is 11.1. The van der Waals surface area contributed by atoms with Gasteiger partial charge in [0.25, 0.3) is 0 Å². The minimum absolute atomic E-state index is 0.0771. The number of nitrogens with zero attached hydrogens (tertiary/aromatic N) is 1. The van der Waals surface area contributed by atoms with E-state index >= 15 is 0 Å². The Hall–Kier alpha value is -2.79. The summed E-state index contributed by atoms with van der Waals surface area (Å²) in [5, 5.41) is 6.78. The SMILES string of the molecule is CC[C@@H]1[C@@H](C)[C@H](Nc2ccccc2)c2ccccc2N1C(=O)Nc1cccc(Br)c1. The van der Waals surface area contributed by atoms with Gasteiger partial charge in [0.2, 0.25) is 0 Å². The third kappa shape index (κ3) is 4.08. The van der Waals surface area contributed by atoms with Crippen molar-refractivity contribution in [3.8, 4) is 0 Å². The van der Waals surface area contributed by atoms with Crippen LogP contribution in [0.15, 0.2) is 83.3 Å². The Labute approximate surface area is 186 Å². The maximum Gasteiger partial charge on any atom is 0.326 e. The van der Waals surface area contributed by atoms with Crippen molar-refractivity contribution in [1.29, 1.82) is 0 Å². The van der Waals surface area contributed by atoms with Crippen LogP contribution in [0.1, 0.15) is 31.9 Å². The molecule has 1 heterocycles. The van der Waals surface area contributed by atoms with Crippen LogP contribution in [0.4, 0.5) is 21.9 Å². The number of halogens is 1. The Balaban J connectivity index is 1.69. The smallest absolute Gasteiger partial charge is 0.326 e. The van der Waals surface area contributed by atoms with Crippen LogP contribution in [0.5, 0.6) is 0 Å². The zero-order valence-corrected chi connectivity index (χ0v) is 18.8. The van der Waals surface area contributed by atoms with E-state index < -0.39 is 0 Å². The highest BCUT2D eigenvalue weighted by molar-refractivity contribution is 9.10. The maximum atomic E-state index is 13.4. The van der Waals surface area contributed by atoms with Crippen molar-refractivity contribution >= 4 is 39.0 Å². The third-order valence-electron chi connectivity index (χ3n) is 5.80. The van der Waals surface area contributed by atoms with Gasteiger partial charge in [-0.15, -0.1) is 0 Å². The van der Waals surface area contributed by atoms with Crippen LogP contribution >= 0.6 is 15.9 Å². The predicted octanol–water partition coefficient (Wildman–Crippen LogP) is 7.07. The largest absolute Gasteiger partial charge is 0.378 e. The van der Waals surface area contributed by atoms with Gasteiger partial charge in [0.05, 0.1) is 11.7 Å². The zero-order chi connectivity index (χ0) is 21.1. The van der Waals surface area contributed by atoms with E-state index in [4.69, 9.17) is 0 Å². The molecule has 154 valence electrons. The van der Waals surface area contributed by atoms with Gasteiger partial charge in [0.15, 0.2) is 0 Å². The molecule has 3 aromatic rings. The minimum atomic E-state index is -0.0996. The number of carbonyl (C=O) groups excluding carboxylic acids is 1. The van der Waals surface area contributed by atoms with E-state index in [1.165, 1.54) is 0 Å². The molecule has 3 aromatic carbocycles. The molecule has 2 N–H and O–H groups in total. The van der Waals surface area contributed by atoms with Gasteiger partial charge in [-0.1, -0.05) is 72.2 Å². The van der Waals surface area contributed by atoms with Gasteiger partial charge < -0.3 is 10.6 Å². The predicted molar refractivity (Wildman–Crippen MR) is 128 cm³/mol. The molecular formula is C25H26BrN3O. The molecule has 0 radical (unpaired) electrons. The molecule has 0 spiro atoms. The topological polar surface area (TPSA) is 44.4 Å². The second-order valence-corrected chi connectivity index (χ2v) is 8.61. The normalized spacial score (nSPS) is 20.4. The number of urea groups is 1. The number of benzene rings is 3. The highest BCUT2D eigenvalue weighted by Gasteiger charge is 2.40. The first kappa shape index (κ1) is 20.5. The summed E-state index contributed by atoms with van der Waals surface area (Å²) in [6, 6.07) is 26.3. The van der Waals surface area contributed by atoms with E-state index in [-0.39, 0.29) is 24.0 Å². The molecule has 0 aliphatic carbocycles. The molecule has 1 aliphatic rings. The molecule has 0 saturated heterocycles. The fraction of sp³-hybridized carbons (Fsp3) is 0.240. The summed E-state index contributed by atoms with van der Waals surface area (Å²) < 4.78 is 0.937. The second-order valence-electron chi connectivity index (χ2n) is 7.69. The van der Waals surface area contributed by atoms with Crippen molar-refractivity contribution in [3.05, 3.63) is 88.9 Å². The molecule has 0 aromatic heterocycles. The van der Waals surface area contributed by atoms with Crippen molar-refractivity contribution in [3.63, 3.8) is 0 Å². The first-order chi connectivity index (χ1) is 14.6. The second kappa shape index (κ2) is 8.92. The molecule has 1 aliphatic heterocycles. The van der Waals surface area contributed by atoms with Gasteiger partial charge in [-0.3, -0.25) is 4.90 Å². The average Bonchev–Trinajstić information content (AvgIpc) is 2.76. The van der Waals surface area contributed by atoms with Crippen LogP contribution in [0.3, 0.4) is 0 Å². The number of carbonyl (C=O) groups is 1. The summed E-state index contributed by atoms with van der Waals surface area (Å²) in [6.07, 6.45) is 0.869. The number of hydrogen-bond donors (Lipinski definition) is 2. The molecule has 5 heteroatoms. The van der Waals surface area contributed by atoms with Crippen LogP contribution in [-0.2, 0) is 0 Å². The molecule has 30 heavy (non-hydrogen) atoms. The van der Waals surface area contributed by atoms with Crippen molar-refractivity contribution < 1.29 is 4.79 Å². The molecule has 0 saturated carbocycles. The van der Waals surface area contributed by atoms with Gasteiger partial charge >= 0.3 is 6.03 Å². The van der Waals surface area contributed by atoms with E-state index in [0.29, 0.717) is 0 Å². The average molecular weight is 464 g/mol. The summed E-state index contributed by atoms with van der Waals surface area (Å²) in [4.78, 5) is 15.3. The lowest BCUT2D eigenvalue weighted by Gasteiger charge is -2.45. The van der Waals surface area contributed by atoms with Crippen molar-refractivity contribution in [1.82, 2.24) is 0 Å². The number of hydrogen-bond acceptors (Lipinski definition) is 2. The van der Waals surface area contributed by atoms with E-state index in [1.807, 2.05) is 65.6 Å². The lowest BCUT2D eigenvalue weighted by atomic mass is 9.81. The molecule has 2 amide bonds. The molecule has 3 atom stereocenters. The Morgan fingerprint density at radius 1 is 0.967 bits per heavy atom. The van der Waals surface area contributed by atoms with Gasteiger partial charge in [0.1, 0.15) is 0 Å². The molecule has 0 bridgehead atoms. The summed E-state index contributed by atoms with van der Waals surface area (Å²) in [7, 11) is 0. The number of nitrogens with one attached hydrogen (secondary N) is 2. The number of fused-ring (bicyclic) bond motifs is 1. The van der Waals surface area contributed by atoms with Crippen LogP contribution in [0, 0.1) is 5.92 Å². The van der Waals surface area contributed by atoms with E-state index in [0.717, 1.165) is 33.5 Å². The quantitative estimate of drug-likeness (QED) is 0.434. The summed E-state index contributed by atoms with van der Waals surface area (Å²) >= 11 is 3.48. The summed E-state index contributed by atoms with van der Waals surface area (Å²) in [6.45, 7) is 4.37. The minimum Gasteiger partial charge on any atom is -0.378 e. The van der Waals surface area contributed by atoms with Gasteiger partial charge in [0, 0.05) is 27.8 Å². The van der Waals surface area contributed by atoms with Gasteiger partial charge in [-0.2, -0.15) is 0 Å². The van der Waals surface area contributed by atoms with Gasteiger partial charge in [-0.05, 0) is 48.4 Å². The molecule has 0 fully saturated rings. The molecule has 4 nitrogen and oxygen atoms in total. The highest BCUT2D eigenvalue weighted by Crippen LogP contribution is 2.43. The fourth-order valence-corrected chi connectivity index (χ4v) is 4.78. The number of para-hydroxylation sites is 2. The lowest BCUT2D eigenvalue weighted by molar-refractivity contribution is 0.247. The summed E-state index contributed by atoms with van der Waals surface area (Å²) in [5.41, 5.74) is 3.97.